The Labute approximate surface area is 122 Å². The van der Waals surface area contributed by atoms with E-state index in [1.54, 1.807) is 0 Å². The summed E-state index contributed by atoms with van der Waals surface area (Å²) in [5.74, 6) is 0. The van der Waals surface area contributed by atoms with E-state index in [4.69, 9.17) is 0 Å². The predicted octanol–water partition coefficient (Wildman–Crippen LogP) is 4.84. The van der Waals surface area contributed by atoms with Crippen LogP contribution < -0.4 is 5.32 Å². The summed E-state index contributed by atoms with van der Waals surface area (Å²) in [6, 6.07) is 5.01. The van der Waals surface area contributed by atoms with Crippen molar-refractivity contribution < 1.29 is 0 Å². The van der Waals surface area contributed by atoms with Gasteiger partial charge in [-0.05, 0) is 56.0 Å². The standard InChI is InChI=1S/C14H21Br2N/c1-10(2)17-7-5-4-6-12-9-13(15)11(3)8-14(12)16/h8-10,17H,4-7H2,1-3H3. The van der Waals surface area contributed by atoms with Crippen molar-refractivity contribution in [1.29, 1.82) is 0 Å². The van der Waals surface area contributed by atoms with E-state index in [2.05, 4.69) is 70.1 Å². The number of rotatable bonds is 6. The van der Waals surface area contributed by atoms with Crippen LogP contribution in [0.5, 0.6) is 0 Å². The third-order valence-corrected chi connectivity index (χ3v) is 4.35. The smallest absolute Gasteiger partial charge is 0.0210 e. The number of unbranched alkanes of at least 4 members (excludes halogenated alkanes) is 1. The van der Waals surface area contributed by atoms with Crippen LogP contribution in [0.2, 0.25) is 0 Å². The molecule has 0 fully saturated rings. The van der Waals surface area contributed by atoms with E-state index in [9.17, 15) is 0 Å². The highest BCUT2D eigenvalue weighted by Crippen LogP contribution is 2.26. The highest BCUT2D eigenvalue weighted by molar-refractivity contribution is 9.11. The van der Waals surface area contributed by atoms with Crippen molar-refractivity contribution in [2.45, 2.75) is 46.1 Å². The van der Waals surface area contributed by atoms with E-state index < -0.39 is 0 Å². The van der Waals surface area contributed by atoms with Gasteiger partial charge in [-0.2, -0.15) is 0 Å². The molecule has 1 nitrogen and oxygen atoms in total. The average molecular weight is 363 g/mol. The van der Waals surface area contributed by atoms with Crippen LogP contribution in [0.4, 0.5) is 0 Å². The quantitative estimate of drug-likeness (QED) is 0.714. The van der Waals surface area contributed by atoms with Crippen molar-refractivity contribution in [3.8, 4) is 0 Å². The van der Waals surface area contributed by atoms with E-state index in [-0.39, 0.29) is 0 Å². The largest absolute Gasteiger partial charge is 0.315 e. The molecule has 0 aliphatic carbocycles. The fourth-order valence-corrected chi connectivity index (χ4v) is 2.76. The predicted molar refractivity (Wildman–Crippen MR) is 82.7 cm³/mol. The number of halogens is 2. The van der Waals surface area contributed by atoms with Gasteiger partial charge in [0, 0.05) is 15.0 Å². The van der Waals surface area contributed by atoms with Crippen molar-refractivity contribution in [3.63, 3.8) is 0 Å². The molecule has 0 aliphatic rings. The van der Waals surface area contributed by atoms with Crippen LogP contribution in [-0.4, -0.2) is 12.6 Å². The summed E-state index contributed by atoms with van der Waals surface area (Å²) in [6.07, 6.45) is 3.60. The Morgan fingerprint density at radius 2 is 1.82 bits per heavy atom. The maximum atomic E-state index is 3.64. The van der Waals surface area contributed by atoms with Gasteiger partial charge in [-0.1, -0.05) is 45.7 Å². The molecule has 0 atom stereocenters. The first-order valence-electron chi connectivity index (χ1n) is 6.18. The minimum absolute atomic E-state index is 0.593. The lowest BCUT2D eigenvalue weighted by Crippen LogP contribution is -2.23. The molecule has 0 spiro atoms. The molecule has 96 valence electrons. The van der Waals surface area contributed by atoms with Crippen molar-refractivity contribution in [3.05, 3.63) is 32.2 Å². The summed E-state index contributed by atoms with van der Waals surface area (Å²) in [5, 5.41) is 3.45. The summed E-state index contributed by atoms with van der Waals surface area (Å²) < 4.78 is 2.44. The molecule has 0 aromatic heterocycles. The molecule has 0 saturated carbocycles. The molecular weight excluding hydrogens is 342 g/mol. The van der Waals surface area contributed by atoms with E-state index in [1.807, 2.05) is 0 Å². The second kappa shape index (κ2) is 7.55. The van der Waals surface area contributed by atoms with Crippen LogP contribution in [0.25, 0.3) is 0 Å². The zero-order valence-corrected chi connectivity index (χ0v) is 14.0. The first-order valence-corrected chi connectivity index (χ1v) is 7.77. The second-order valence-corrected chi connectivity index (χ2v) is 6.47. The third kappa shape index (κ3) is 5.54. The number of hydrogen-bond donors (Lipinski definition) is 1. The fraction of sp³-hybridized carbons (Fsp3) is 0.571. The molecule has 0 heterocycles. The van der Waals surface area contributed by atoms with Gasteiger partial charge in [-0.15, -0.1) is 0 Å². The lowest BCUT2D eigenvalue weighted by molar-refractivity contribution is 0.557. The van der Waals surface area contributed by atoms with Gasteiger partial charge >= 0.3 is 0 Å². The summed E-state index contributed by atoms with van der Waals surface area (Å²) in [6.45, 7) is 7.61. The Morgan fingerprint density at radius 1 is 1.12 bits per heavy atom. The highest BCUT2D eigenvalue weighted by Gasteiger charge is 2.04. The van der Waals surface area contributed by atoms with E-state index in [1.165, 1.54) is 32.9 Å². The van der Waals surface area contributed by atoms with Gasteiger partial charge in [0.05, 0.1) is 0 Å². The average Bonchev–Trinajstić information content (AvgIpc) is 2.24. The molecule has 0 bridgehead atoms. The van der Waals surface area contributed by atoms with Crippen LogP contribution in [-0.2, 0) is 6.42 Å². The fourth-order valence-electron chi connectivity index (χ4n) is 1.71. The SMILES string of the molecule is Cc1cc(Br)c(CCCCNC(C)C)cc1Br. The normalized spacial score (nSPS) is 11.2. The molecule has 0 unspecified atom stereocenters. The van der Waals surface area contributed by atoms with Crippen LogP contribution in [0.3, 0.4) is 0 Å². The van der Waals surface area contributed by atoms with Crippen molar-refractivity contribution in [2.75, 3.05) is 6.54 Å². The zero-order chi connectivity index (χ0) is 12.8. The van der Waals surface area contributed by atoms with Gasteiger partial charge in [-0.3, -0.25) is 0 Å². The Balaban J connectivity index is 2.39. The third-order valence-electron chi connectivity index (χ3n) is 2.75. The van der Waals surface area contributed by atoms with Crippen LogP contribution in [0, 0.1) is 6.92 Å². The Bertz CT molecular complexity index is 361. The molecule has 1 aromatic rings. The number of aryl methyl sites for hydroxylation is 2. The lowest BCUT2D eigenvalue weighted by Gasteiger charge is -2.09. The summed E-state index contributed by atoms with van der Waals surface area (Å²) >= 11 is 7.23. The minimum Gasteiger partial charge on any atom is -0.315 e. The highest BCUT2D eigenvalue weighted by atomic mass is 79.9. The maximum absolute atomic E-state index is 3.64. The van der Waals surface area contributed by atoms with E-state index in [0.29, 0.717) is 6.04 Å². The second-order valence-electron chi connectivity index (χ2n) is 4.76. The molecule has 0 aliphatic heterocycles. The van der Waals surface area contributed by atoms with Crippen molar-refractivity contribution in [2.24, 2.45) is 0 Å². The molecule has 17 heavy (non-hydrogen) atoms. The molecule has 1 N–H and O–H groups in total. The summed E-state index contributed by atoms with van der Waals surface area (Å²) in [7, 11) is 0. The molecule has 3 heteroatoms. The monoisotopic (exact) mass is 361 g/mol. The van der Waals surface area contributed by atoms with Gasteiger partial charge in [-0.25, -0.2) is 0 Å². The minimum atomic E-state index is 0.593. The topological polar surface area (TPSA) is 12.0 Å². The van der Waals surface area contributed by atoms with Gasteiger partial charge in [0.2, 0.25) is 0 Å². The number of hydrogen-bond acceptors (Lipinski definition) is 1. The molecule has 1 rings (SSSR count). The number of nitrogens with one attached hydrogen (secondary N) is 1. The molecule has 1 aromatic carbocycles. The summed E-state index contributed by atoms with van der Waals surface area (Å²) in [4.78, 5) is 0. The Hall–Kier alpha value is 0.140. The van der Waals surface area contributed by atoms with Gasteiger partial charge < -0.3 is 5.32 Å². The number of benzene rings is 1. The maximum Gasteiger partial charge on any atom is 0.0210 e. The Kier molecular flexibility index (Phi) is 6.75. The van der Waals surface area contributed by atoms with Crippen molar-refractivity contribution >= 4 is 31.9 Å². The van der Waals surface area contributed by atoms with Gasteiger partial charge in [0.15, 0.2) is 0 Å². The van der Waals surface area contributed by atoms with Gasteiger partial charge in [0.25, 0.3) is 0 Å². The lowest BCUT2D eigenvalue weighted by atomic mass is 10.1. The molecular formula is C14H21Br2N. The van der Waals surface area contributed by atoms with Crippen LogP contribution >= 0.6 is 31.9 Å². The molecule has 0 radical (unpaired) electrons. The van der Waals surface area contributed by atoms with Crippen LogP contribution in [0.15, 0.2) is 21.1 Å². The van der Waals surface area contributed by atoms with Crippen LogP contribution in [0.1, 0.15) is 37.8 Å². The summed E-state index contributed by atoms with van der Waals surface area (Å²) in [5.41, 5.74) is 2.68. The first kappa shape index (κ1) is 15.2. The Morgan fingerprint density at radius 3 is 2.47 bits per heavy atom. The molecule has 0 amide bonds. The van der Waals surface area contributed by atoms with Gasteiger partial charge in [0.1, 0.15) is 0 Å². The first-order chi connectivity index (χ1) is 8.00. The van der Waals surface area contributed by atoms with E-state index in [0.717, 1.165) is 13.0 Å². The molecule has 0 saturated heterocycles. The van der Waals surface area contributed by atoms with Crippen molar-refractivity contribution in [1.82, 2.24) is 5.32 Å². The zero-order valence-electron chi connectivity index (χ0n) is 10.8. The van der Waals surface area contributed by atoms with E-state index >= 15 is 0 Å².